The van der Waals surface area contributed by atoms with E-state index in [9.17, 15) is 8.42 Å². The predicted octanol–water partition coefficient (Wildman–Crippen LogP) is 1.96. The molecule has 0 bridgehead atoms. The minimum atomic E-state index is -3.80. The number of nitrogens with two attached hydrogens (primary N) is 1. The van der Waals surface area contributed by atoms with E-state index in [0.29, 0.717) is 5.69 Å². The van der Waals surface area contributed by atoms with Crippen LogP contribution in [0.1, 0.15) is 0 Å². The molecule has 0 aliphatic rings. The zero-order valence-electron chi connectivity index (χ0n) is 11.3. The van der Waals surface area contributed by atoms with E-state index in [1.54, 1.807) is 19.2 Å². The van der Waals surface area contributed by atoms with Crippen LogP contribution in [0.2, 0.25) is 0 Å². The van der Waals surface area contributed by atoms with Gasteiger partial charge in [-0.05, 0) is 11.5 Å². The number of benzene rings is 2. The van der Waals surface area contributed by atoms with Crippen molar-refractivity contribution in [3.05, 3.63) is 48.8 Å². The Morgan fingerprint density at radius 2 is 1.86 bits per heavy atom. The summed E-state index contributed by atoms with van der Waals surface area (Å²) in [5.41, 5.74) is 6.15. The van der Waals surface area contributed by atoms with Crippen molar-refractivity contribution in [1.82, 2.24) is 9.55 Å². The Morgan fingerprint density at radius 1 is 1.14 bits per heavy atom. The van der Waals surface area contributed by atoms with Crippen LogP contribution >= 0.6 is 0 Å². The molecular formula is C14H14N4O2S. The highest BCUT2D eigenvalue weighted by Crippen LogP contribution is 2.26. The van der Waals surface area contributed by atoms with Gasteiger partial charge in [0.15, 0.2) is 10.8 Å². The molecule has 0 saturated carbocycles. The highest BCUT2D eigenvalue weighted by molar-refractivity contribution is 7.92. The number of hydrogen-bond acceptors (Lipinski definition) is 4. The molecule has 1 heterocycles. The molecule has 0 aliphatic heterocycles. The van der Waals surface area contributed by atoms with E-state index in [0.717, 1.165) is 10.8 Å². The SMILES string of the molecule is Cn1cnc(N)c1S(=O)(=O)Nc1cccc2ccccc12. The van der Waals surface area contributed by atoms with Gasteiger partial charge in [0.25, 0.3) is 10.0 Å². The summed E-state index contributed by atoms with van der Waals surface area (Å²) in [6.45, 7) is 0. The summed E-state index contributed by atoms with van der Waals surface area (Å²) in [6, 6.07) is 13.0. The molecule has 3 rings (SSSR count). The van der Waals surface area contributed by atoms with Gasteiger partial charge in [0.05, 0.1) is 12.0 Å². The summed E-state index contributed by atoms with van der Waals surface area (Å²) >= 11 is 0. The molecular weight excluding hydrogens is 288 g/mol. The monoisotopic (exact) mass is 302 g/mol. The van der Waals surface area contributed by atoms with Gasteiger partial charge in [-0.3, -0.25) is 4.72 Å². The van der Waals surface area contributed by atoms with E-state index >= 15 is 0 Å². The minimum absolute atomic E-state index is 0.0229. The predicted molar refractivity (Wildman–Crippen MR) is 82.4 cm³/mol. The topological polar surface area (TPSA) is 90.0 Å². The van der Waals surface area contributed by atoms with Crippen LogP contribution in [0.25, 0.3) is 10.8 Å². The molecule has 0 unspecified atom stereocenters. The summed E-state index contributed by atoms with van der Waals surface area (Å²) in [7, 11) is -2.21. The molecule has 108 valence electrons. The Bertz CT molecular complexity index is 891. The second-order valence-electron chi connectivity index (χ2n) is 4.68. The average Bonchev–Trinajstić information content (AvgIpc) is 2.79. The van der Waals surface area contributed by atoms with Crippen molar-refractivity contribution in [3.8, 4) is 0 Å². The third-order valence-corrected chi connectivity index (χ3v) is 4.69. The molecule has 0 fully saturated rings. The molecule has 0 radical (unpaired) electrons. The van der Waals surface area contributed by atoms with Gasteiger partial charge in [0, 0.05) is 12.4 Å². The molecule has 0 saturated heterocycles. The molecule has 0 atom stereocenters. The number of aryl methyl sites for hydroxylation is 1. The Labute approximate surface area is 122 Å². The van der Waals surface area contributed by atoms with Crippen LogP contribution in [0.15, 0.2) is 53.8 Å². The molecule has 7 heteroatoms. The van der Waals surface area contributed by atoms with Gasteiger partial charge >= 0.3 is 0 Å². The maximum absolute atomic E-state index is 12.5. The van der Waals surface area contributed by atoms with Gasteiger partial charge in [0.1, 0.15) is 0 Å². The van der Waals surface area contributed by atoms with Gasteiger partial charge in [-0.2, -0.15) is 8.42 Å². The molecule has 0 amide bonds. The normalized spacial score (nSPS) is 11.7. The quantitative estimate of drug-likeness (QED) is 0.774. The Balaban J connectivity index is 2.10. The van der Waals surface area contributed by atoms with E-state index in [1.807, 2.05) is 30.3 Å². The average molecular weight is 302 g/mol. The van der Waals surface area contributed by atoms with Crippen LogP contribution in [-0.4, -0.2) is 18.0 Å². The van der Waals surface area contributed by atoms with Crippen LogP contribution < -0.4 is 10.5 Å². The second kappa shape index (κ2) is 4.78. The number of rotatable bonds is 3. The van der Waals surface area contributed by atoms with E-state index < -0.39 is 10.0 Å². The molecule has 3 N–H and O–H groups in total. The zero-order valence-corrected chi connectivity index (χ0v) is 12.1. The van der Waals surface area contributed by atoms with Crippen molar-refractivity contribution in [1.29, 1.82) is 0 Å². The van der Waals surface area contributed by atoms with Gasteiger partial charge < -0.3 is 10.3 Å². The highest BCUT2D eigenvalue weighted by Gasteiger charge is 2.23. The van der Waals surface area contributed by atoms with Crippen LogP contribution in [0.3, 0.4) is 0 Å². The van der Waals surface area contributed by atoms with Gasteiger partial charge in [-0.15, -0.1) is 0 Å². The number of nitrogens with one attached hydrogen (secondary N) is 1. The molecule has 3 aromatic rings. The van der Waals surface area contributed by atoms with Crippen molar-refractivity contribution in [2.24, 2.45) is 7.05 Å². The van der Waals surface area contributed by atoms with Crippen molar-refractivity contribution in [2.75, 3.05) is 10.5 Å². The number of anilines is 2. The zero-order chi connectivity index (χ0) is 15.0. The van der Waals surface area contributed by atoms with Crippen molar-refractivity contribution in [2.45, 2.75) is 5.03 Å². The number of sulfonamides is 1. The number of aromatic nitrogens is 2. The minimum Gasteiger partial charge on any atom is -0.381 e. The maximum atomic E-state index is 12.5. The number of nitrogens with zero attached hydrogens (tertiary/aromatic N) is 2. The lowest BCUT2D eigenvalue weighted by Crippen LogP contribution is -2.17. The Hall–Kier alpha value is -2.54. The number of imidazole rings is 1. The third kappa shape index (κ3) is 2.31. The number of nitrogen functional groups attached to an aromatic ring is 1. The molecule has 6 nitrogen and oxygen atoms in total. The van der Waals surface area contributed by atoms with Crippen molar-refractivity contribution < 1.29 is 8.42 Å². The third-order valence-electron chi connectivity index (χ3n) is 3.20. The first-order chi connectivity index (χ1) is 9.99. The standard InChI is InChI=1S/C14H14N4O2S/c1-18-9-16-13(15)14(18)21(19,20)17-12-8-4-6-10-5-2-3-7-11(10)12/h2-9,17H,15H2,1H3. The summed E-state index contributed by atoms with van der Waals surface area (Å²) in [4.78, 5) is 3.81. The van der Waals surface area contributed by atoms with Gasteiger partial charge in [-0.25, -0.2) is 4.98 Å². The van der Waals surface area contributed by atoms with Crippen LogP contribution in [0, 0.1) is 0 Å². The molecule has 1 aromatic heterocycles. The van der Waals surface area contributed by atoms with Crippen LogP contribution in [0.5, 0.6) is 0 Å². The summed E-state index contributed by atoms with van der Waals surface area (Å²) < 4.78 is 28.9. The molecule has 2 aromatic carbocycles. The Kier molecular flexibility index (Phi) is 3.06. The second-order valence-corrected chi connectivity index (χ2v) is 6.28. The first kappa shape index (κ1) is 13.4. The van der Waals surface area contributed by atoms with E-state index in [1.165, 1.54) is 10.9 Å². The van der Waals surface area contributed by atoms with Gasteiger partial charge in [0.2, 0.25) is 0 Å². The Morgan fingerprint density at radius 3 is 2.57 bits per heavy atom. The molecule has 0 spiro atoms. The summed E-state index contributed by atoms with van der Waals surface area (Å²) in [6.07, 6.45) is 1.37. The van der Waals surface area contributed by atoms with Crippen molar-refractivity contribution in [3.63, 3.8) is 0 Å². The van der Waals surface area contributed by atoms with E-state index in [4.69, 9.17) is 5.73 Å². The molecule has 0 aliphatic carbocycles. The number of fused-ring (bicyclic) bond motifs is 1. The van der Waals surface area contributed by atoms with Gasteiger partial charge in [-0.1, -0.05) is 36.4 Å². The summed E-state index contributed by atoms with van der Waals surface area (Å²) in [5, 5.41) is 1.73. The van der Waals surface area contributed by atoms with Crippen LogP contribution in [-0.2, 0) is 17.1 Å². The summed E-state index contributed by atoms with van der Waals surface area (Å²) in [5.74, 6) is -0.0229. The van der Waals surface area contributed by atoms with Crippen LogP contribution in [0.4, 0.5) is 11.5 Å². The maximum Gasteiger partial charge on any atom is 0.281 e. The fourth-order valence-corrected chi connectivity index (χ4v) is 3.59. The molecule has 21 heavy (non-hydrogen) atoms. The van der Waals surface area contributed by atoms with Crippen molar-refractivity contribution >= 4 is 32.3 Å². The highest BCUT2D eigenvalue weighted by atomic mass is 32.2. The number of hydrogen-bond donors (Lipinski definition) is 2. The lowest BCUT2D eigenvalue weighted by Gasteiger charge is -2.11. The lowest BCUT2D eigenvalue weighted by molar-refractivity contribution is 0.592. The fourth-order valence-electron chi connectivity index (χ4n) is 2.27. The smallest absolute Gasteiger partial charge is 0.281 e. The van der Waals surface area contributed by atoms with E-state index in [2.05, 4.69) is 9.71 Å². The lowest BCUT2D eigenvalue weighted by atomic mass is 10.1. The van der Waals surface area contributed by atoms with E-state index in [-0.39, 0.29) is 10.8 Å². The first-order valence-electron chi connectivity index (χ1n) is 6.26. The first-order valence-corrected chi connectivity index (χ1v) is 7.75. The fraction of sp³-hybridized carbons (Fsp3) is 0.0714. The largest absolute Gasteiger partial charge is 0.381 e.